The van der Waals surface area contributed by atoms with Crippen molar-refractivity contribution in [3.63, 3.8) is 0 Å². The van der Waals surface area contributed by atoms with Crippen LogP contribution in [-0.2, 0) is 14.2 Å². The van der Waals surface area contributed by atoms with Crippen LogP contribution in [0.2, 0.25) is 0 Å². The van der Waals surface area contributed by atoms with Gasteiger partial charge in [0.25, 0.3) is 5.91 Å². The van der Waals surface area contributed by atoms with E-state index in [1.54, 1.807) is 12.1 Å². The summed E-state index contributed by atoms with van der Waals surface area (Å²) in [5.41, 5.74) is 0.336. The van der Waals surface area contributed by atoms with Crippen molar-refractivity contribution < 1.29 is 29.5 Å². The predicted molar refractivity (Wildman–Crippen MR) is 85.6 cm³/mol. The number of aliphatic hydroxyl groups excluding tert-OH is 1. The first-order valence-corrected chi connectivity index (χ1v) is 8.10. The summed E-state index contributed by atoms with van der Waals surface area (Å²) in [6.45, 7) is -0.273. The zero-order valence-corrected chi connectivity index (χ0v) is 13.2. The Morgan fingerprint density at radius 2 is 2.26 bits per heavy atom. The molecule has 2 rings (SSSR count). The molecule has 1 saturated heterocycles. The van der Waals surface area contributed by atoms with Gasteiger partial charge in [0.1, 0.15) is 0 Å². The Bertz CT molecular complexity index is 576. The third-order valence-electron chi connectivity index (χ3n) is 3.52. The molecule has 0 bridgehead atoms. The Morgan fingerprint density at radius 3 is 2.83 bits per heavy atom. The molecule has 4 N–H and O–H groups in total. The van der Waals surface area contributed by atoms with Gasteiger partial charge in [0.05, 0.1) is 30.6 Å². The van der Waals surface area contributed by atoms with Crippen LogP contribution in [0.5, 0.6) is 0 Å². The van der Waals surface area contributed by atoms with Crippen LogP contribution in [0.4, 0.5) is 0 Å². The highest BCUT2D eigenvalue weighted by Crippen LogP contribution is 2.22. The van der Waals surface area contributed by atoms with Crippen LogP contribution in [0.3, 0.4) is 0 Å². The maximum Gasteiger partial charge on any atom is 0.478 e. The Hall–Kier alpha value is -1.68. The smallest absolute Gasteiger partial charge is 0.478 e. The Labute approximate surface area is 137 Å². The monoisotopic (exact) mass is 339 g/mol. The van der Waals surface area contributed by atoms with Crippen LogP contribution in [0.1, 0.15) is 24.1 Å². The molecule has 2 heterocycles. The van der Waals surface area contributed by atoms with Gasteiger partial charge < -0.3 is 25.2 Å². The molecular formula is C14H18BNO6S. The van der Waals surface area contributed by atoms with Crippen LogP contribution in [0.15, 0.2) is 23.6 Å². The van der Waals surface area contributed by atoms with E-state index in [-0.39, 0.29) is 13.0 Å². The van der Waals surface area contributed by atoms with Gasteiger partial charge in [0.15, 0.2) is 0 Å². The second kappa shape index (κ2) is 8.25. The average Bonchev–Trinajstić information content (AvgIpc) is 3.00. The van der Waals surface area contributed by atoms with Crippen LogP contribution < -0.4 is 5.32 Å². The number of hydrogen-bond donors (Lipinski definition) is 4. The maximum absolute atomic E-state index is 12.4. The van der Waals surface area contributed by atoms with Gasteiger partial charge in [-0.1, -0.05) is 6.07 Å². The zero-order chi connectivity index (χ0) is 16.8. The Kier molecular flexibility index (Phi) is 6.34. The molecule has 0 aromatic carbocycles. The zero-order valence-electron chi connectivity index (χ0n) is 12.3. The molecule has 9 heteroatoms. The van der Waals surface area contributed by atoms with Crippen LogP contribution in [-0.4, -0.2) is 52.9 Å². The summed E-state index contributed by atoms with van der Waals surface area (Å²) in [6, 6.07) is 3.57. The minimum absolute atomic E-state index is 0.178. The number of aliphatic carboxylic acids is 1. The first kappa shape index (κ1) is 17.7. The van der Waals surface area contributed by atoms with Crippen molar-refractivity contribution in [2.45, 2.75) is 31.3 Å². The standard InChI is InChI=1S/C14H18BNO6S/c17-6-5-10(11-2-1-7-23-11)14(20)16-12-4-3-9(8-13(18)19)22-15(12)21/h1-2,5,7,9,12,17,21H,3-4,6,8H2,(H,16,20)(H,18,19). The molecule has 0 saturated carbocycles. The van der Waals surface area contributed by atoms with Crippen LogP contribution in [0, 0.1) is 0 Å². The minimum atomic E-state index is -1.25. The van der Waals surface area contributed by atoms with Gasteiger partial charge in [0, 0.05) is 4.88 Å². The van der Waals surface area contributed by atoms with E-state index < -0.39 is 31.0 Å². The van der Waals surface area contributed by atoms with Crippen molar-refractivity contribution in [3.8, 4) is 0 Å². The molecule has 1 aliphatic rings. The van der Waals surface area contributed by atoms with Gasteiger partial charge in [-0.05, 0) is 30.4 Å². The SMILES string of the molecule is O=C(O)CC1CCC(NC(=O)C(=CCO)c2cccs2)B(O)O1. The molecule has 124 valence electrons. The number of hydrogen-bond acceptors (Lipinski definition) is 6. The summed E-state index contributed by atoms with van der Waals surface area (Å²) in [5.74, 6) is -2.02. The molecule has 2 unspecified atom stereocenters. The number of thiophene rings is 1. The fourth-order valence-electron chi connectivity index (χ4n) is 2.43. The minimum Gasteiger partial charge on any atom is -0.481 e. The van der Waals surface area contributed by atoms with Crippen molar-refractivity contribution in [2.24, 2.45) is 0 Å². The molecule has 0 aliphatic carbocycles. The van der Waals surface area contributed by atoms with E-state index in [1.165, 1.54) is 17.4 Å². The number of amides is 1. The molecule has 23 heavy (non-hydrogen) atoms. The molecule has 1 amide bonds. The van der Waals surface area contributed by atoms with Gasteiger partial charge in [-0.25, -0.2) is 0 Å². The molecular weight excluding hydrogens is 321 g/mol. The molecule has 0 spiro atoms. The summed E-state index contributed by atoms with van der Waals surface area (Å²) in [7, 11) is -1.25. The summed E-state index contributed by atoms with van der Waals surface area (Å²) >= 11 is 1.37. The lowest BCUT2D eigenvalue weighted by Gasteiger charge is -2.31. The van der Waals surface area contributed by atoms with Crippen molar-refractivity contribution >= 4 is 35.9 Å². The molecule has 0 radical (unpaired) electrons. The number of rotatable bonds is 6. The third kappa shape index (κ3) is 4.90. The van der Waals surface area contributed by atoms with Crippen molar-refractivity contribution in [2.75, 3.05) is 6.61 Å². The third-order valence-corrected chi connectivity index (χ3v) is 4.42. The number of carboxylic acids is 1. The maximum atomic E-state index is 12.4. The Balaban J connectivity index is 1.97. The van der Waals surface area contributed by atoms with Gasteiger partial charge in [-0.3, -0.25) is 9.59 Å². The van der Waals surface area contributed by atoms with Gasteiger partial charge >= 0.3 is 13.1 Å². The molecule has 2 atom stereocenters. The van der Waals surface area contributed by atoms with Gasteiger partial charge in [-0.2, -0.15) is 0 Å². The van der Waals surface area contributed by atoms with E-state index in [9.17, 15) is 14.6 Å². The number of carbonyl (C=O) groups excluding carboxylic acids is 1. The van der Waals surface area contributed by atoms with E-state index in [1.807, 2.05) is 5.38 Å². The van der Waals surface area contributed by atoms with E-state index in [0.29, 0.717) is 23.3 Å². The molecule has 1 aromatic heterocycles. The van der Waals surface area contributed by atoms with E-state index in [0.717, 1.165) is 0 Å². The van der Waals surface area contributed by atoms with Crippen molar-refractivity contribution in [1.29, 1.82) is 0 Å². The topological polar surface area (TPSA) is 116 Å². The second-order valence-corrected chi connectivity index (χ2v) is 6.13. The van der Waals surface area contributed by atoms with Crippen molar-refractivity contribution in [1.82, 2.24) is 5.32 Å². The number of carboxylic acid groups (broad SMARTS) is 1. The molecule has 7 nitrogen and oxygen atoms in total. The van der Waals surface area contributed by atoms with E-state index >= 15 is 0 Å². The first-order chi connectivity index (χ1) is 11.0. The summed E-state index contributed by atoms with van der Waals surface area (Å²) in [5, 5.41) is 32.3. The van der Waals surface area contributed by atoms with E-state index in [2.05, 4.69) is 5.32 Å². The Morgan fingerprint density at radius 1 is 1.48 bits per heavy atom. The van der Waals surface area contributed by atoms with Crippen molar-refractivity contribution in [3.05, 3.63) is 28.5 Å². The van der Waals surface area contributed by atoms with Crippen LogP contribution >= 0.6 is 11.3 Å². The normalized spacial score (nSPS) is 22.0. The number of nitrogens with one attached hydrogen (secondary N) is 1. The molecule has 1 fully saturated rings. The highest BCUT2D eigenvalue weighted by atomic mass is 32.1. The summed E-state index contributed by atoms with van der Waals surface area (Å²) < 4.78 is 5.23. The fourth-order valence-corrected chi connectivity index (χ4v) is 3.19. The largest absolute Gasteiger partial charge is 0.481 e. The van der Waals surface area contributed by atoms with Gasteiger partial charge in [0.2, 0.25) is 0 Å². The predicted octanol–water partition coefficient (Wildman–Crippen LogP) is 0.282. The quantitative estimate of drug-likeness (QED) is 0.437. The van der Waals surface area contributed by atoms with E-state index in [4.69, 9.17) is 14.9 Å². The highest BCUT2D eigenvalue weighted by Gasteiger charge is 2.37. The number of aliphatic hydroxyl groups is 1. The highest BCUT2D eigenvalue weighted by molar-refractivity contribution is 7.11. The fraction of sp³-hybridized carbons (Fsp3) is 0.429. The lowest BCUT2D eigenvalue weighted by Crippen LogP contribution is -2.53. The number of carbonyl (C=O) groups is 2. The summed E-state index contributed by atoms with van der Waals surface area (Å²) in [6.07, 6.45) is 1.53. The first-order valence-electron chi connectivity index (χ1n) is 7.22. The molecule has 1 aliphatic heterocycles. The second-order valence-electron chi connectivity index (χ2n) is 5.18. The average molecular weight is 339 g/mol. The summed E-state index contributed by atoms with van der Waals surface area (Å²) in [4.78, 5) is 23.7. The van der Waals surface area contributed by atoms with Crippen LogP contribution in [0.25, 0.3) is 5.57 Å². The van der Waals surface area contributed by atoms with Gasteiger partial charge in [-0.15, -0.1) is 11.3 Å². The lowest BCUT2D eigenvalue weighted by atomic mass is 9.72. The lowest BCUT2D eigenvalue weighted by molar-refractivity contribution is -0.139. The molecule has 1 aromatic rings.